The summed E-state index contributed by atoms with van der Waals surface area (Å²) in [5.74, 6) is 0.868. The SMILES string of the molecule is C=CCOc1ccccc1CN[C@H](CC)CO. The Morgan fingerprint density at radius 2 is 2.24 bits per heavy atom. The van der Waals surface area contributed by atoms with E-state index < -0.39 is 0 Å². The molecule has 0 amide bonds. The van der Waals surface area contributed by atoms with Gasteiger partial charge in [0.15, 0.2) is 0 Å². The number of nitrogens with one attached hydrogen (secondary N) is 1. The molecule has 0 radical (unpaired) electrons. The minimum absolute atomic E-state index is 0.141. The number of hydrogen-bond donors (Lipinski definition) is 2. The maximum absolute atomic E-state index is 9.11. The summed E-state index contributed by atoms with van der Waals surface area (Å²) in [6.07, 6.45) is 2.64. The maximum Gasteiger partial charge on any atom is 0.124 e. The zero-order chi connectivity index (χ0) is 12.5. The van der Waals surface area contributed by atoms with E-state index >= 15 is 0 Å². The van der Waals surface area contributed by atoms with Gasteiger partial charge >= 0.3 is 0 Å². The Labute approximate surface area is 103 Å². The first kappa shape index (κ1) is 13.7. The van der Waals surface area contributed by atoms with Crippen LogP contribution in [0, 0.1) is 0 Å². The zero-order valence-electron chi connectivity index (χ0n) is 10.4. The molecule has 3 nitrogen and oxygen atoms in total. The summed E-state index contributed by atoms with van der Waals surface area (Å²) in [7, 11) is 0. The van der Waals surface area contributed by atoms with Gasteiger partial charge in [-0.2, -0.15) is 0 Å². The second kappa shape index (κ2) is 7.87. The van der Waals surface area contributed by atoms with E-state index in [0.29, 0.717) is 13.2 Å². The van der Waals surface area contributed by atoms with E-state index in [1.54, 1.807) is 6.08 Å². The predicted octanol–water partition coefficient (Wildman–Crippen LogP) is 2.11. The van der Waals surface area contributed by atoms with Gasteiger partial charge in [0.05, 0.1) is 6.61 Å². The Balaban J connectivity index is 2.59. The molecule has 0 saturated heterocycles. The van der Waals surface area contributed by atoms with Gasteiger partial charge in [-0.3, -0.25) is 0 Å². The van der Waals surface area contributed by atoms with Gasteiger partial charge in [0, 0.05) is 18.2 Å². The molecule has 2 N–H and O–H groups in total. The van der Waals surface area contributed by atoms with Crippen LogP contribution < -0.4 is 10.1 Å². The van der Waals surface area contributed by atoms with E-state index in [-0.39, 0.29) is 12.6 Å². The van der Waals surface area contributed by atoms with Gasteiger partial charge in [-0.25, -0.2) is 0 Å². The van der Waals surface area contributed by atoms with Crippen molar-refractivity contribution in [3.63, 3.8) is 0 Å². The van der Waals surface area contributed by atoms with E-state index in [1.807, 2.05) is 31.2 Å². The first-order chi connectivity index (χ1) is 8.31. The smallest absolute Gasteiger partial charge is 0.124 e. The van der Waals surface area contributed by atoms with Crippen LogP contribution in [0.5, 0.6) is 5.75 Å². The lowest BCUT2D eigenvalue weighted by Gasteiger charge is -2.16. The predicted molar refractivity (Wildman–Crippen MR) is 70.1 cm³/mol. The Hall–Kier alpha value is -1.32. The number of hydrogen-bond acceptors (Lipinski definition) is 3. The maximum atomic E-state index is 9.11. The molecular formula is C14H21NO2. The van der Waals surface area contributed by atoms with Gasteiger partial charge < -0.3 is 15.2 Å². The third-order valence-electron chi connectivity index (χ3n) is 2.62. The lowest BCUT2D eigenvalue weighted by molar-refractivity contribution is 0.237. The molecule has 94 valence electrons. The Morgan fingerprint density at radius 3 is 2.88 bits per heavy atom. The molecule has 3 heteroatoms. The summed E-state index contributed by atoms with van der Waals surface area (Å²) in [6, 6.07) is 8.04. The van der Waals surface area contributed by atoms with Crippen molar-refractivity contribution in [2.75, 3.05) is 13.2 Å². The van der Waals surface area contributed by atoms with Gasteiger partial charge in [-0.05, 0) is 12.5 Å². The number of aliphatic hydroxyl groups is 1. The highest BCUT2D eigenvalue weighted by molar-refractivity contribution is 5.33. The molecule has 0 aliphatic rings. The molecule has 17 heavy (non-hydrogen) atoms. The van der Waals surface area contributed by atoms with Gasteiger partial charge in [-0.1, -0.05) is 37.8 Å². The van der Waals surface area contributed by atoms with E-state index in [0.717, 1.165) is 17.7 Å². The average Bonchev–Trinajstić information content (AvgIpc) is 2.38. The van der Waals surface area contributed by atoms with Gasteiger partial charge in [0.1, 0.15) is 12.4 Å². The van der Waals surface area contributed by atoms with Crippen LogP contribution >= 0.6 is 0 Å². The summed E-state index contributed by atoms with van der Waals surface area (Å²) in [5.41, 5.74) is 1.10. The topological polar surface area (TPSA) is 41.5 Å². The van der Waals surface area contributed by atoms with Crippen LogP contribution in [0.25, 0.3) is 0 Å². The third kappa shape index (κ3) is 4.59. The Morgan fingerprint density at radius 1 is 1.47 bits per heavy atom. The quantitative estimate of drug-likeness (QED) is 0.678. The molecule has 0 saturated carbocycles. The average molecular weight is 235 g/mol. The van der Waals surface area contributed by atoms with Crippen molar-refractivity contribution >= 4 is 0 Å². The van der Waals surface area contributed by atoms with E-state index in [1.165, 1.54) is 0 Å². The normalized spacial score (nSPS) is 12.1. The molecule has 0 aliphatic heterocycles. The molecule has 1 atom stereocenters. The summed E-state index contributed by atoms with van der Waals surface area (Å²) in [4.78, 5) is 0. The number of aliphatic hydroxyl groups excluding tert-OH is 1. The van der Waals surface area contributed by atoms with Gasteiger partial charge in [-0.15, -0.1) is 0 Å². The second-order valence-corrected chi connectivity index (χ2v) is 3.88. The highest BCUT2D eigenvalue weighted by Gasteiger charge is 2.06. The molecular weight excluding hydrogens is 214 g/mol. The molecule has 0 aliphatic carbocycles. The van der Waals surface area contributed by atoms with Crippen molar-refractivity contribution in [2.45, 2.75) is 25.9 Å². The monoisotopic (exact) mass is 235 g/mol. The lowest BCUT2D eigenvalue weighted by atomic mass is 10.1. The van der Waals surface area contributed by atoms with Crippen LogP contribution in [0.15, 0.2) is 36.9 Å². The summed E-state index contributed by atoms with van der Waals surface area (Å²) < 4.78 is 5.57. The van der Waals surface area contributed by atoms with Gasteiger partial charge in [0.25, 0.3) is 0 Å². The molecule has 1 aromatic rings. The standard InChI is InChI=1S/C14H21NO2/c1-3-9-17-14-8-6-5-7-12(14)10-15-13(4-2)11-16/h3,5-8,13,15-16H,1,4,9-11H2,2H3/t13-/m1/s1. The molecule has 1 rings (SSSR count). The Bertz CT molecular complexity index is 335. The lowest BCUT2D eigenvalue weighted by Crippen LogP contribution is -2.31. The first-order valence-corrected chi connectivity index (χ1v) is 5.97. The minimum atomic E-state index is 0.141. The molecule has 0 unspecified atom stereocenters. The van der Waals surface area contributed by atoms with Crippen molar-refractivity contribution in [1.29, 1.82) is 0 Å². The van der Waals surface area contributed by atoms with Gasteiger partial charge in [0.2, 0.25) is 0 Å². The van der Waals surface area contributed by atoms with E-state index in [4.69, 9.17) is 9.84 Å². The number of benzene rings is 1. The van der Waals surface area contributed by atoms with E-state index in [2.05, 4.69) is 11.9 Å². The molecule has 0 spiro atoms. The van der Waals surface area contributed by atoms with Crippen LogP contribution in [0.1, 0.15) is 18.9 Å². The molecule has 1 aromatic carbocycles. The summed E-state index contributed by atoms with van der Waals surface area (Å²) in [5, 5.41) is 12.4. The van der Waals surface area contributed by atoms with Crippen LogP contribution in [-0.4, -0.2) is 24.4 Å². The number of rotatable bonds is 8. The first-order valence-electron chi connectivity index (χ1n) is 5.97. The van der Waals surface area contributed by atoms with E-state index in [9.17, 15) is 0 Å². The van der Waals surface area contributed by atoms with Crippen LogP contribution in [0.3, 0.4) is 0 Å². The van der Waals surface area contributed by atoms with Crippen molar-refractivity contribution in [2.24, 2.45) is 0 Å². The second-order valence-electron chi connectivity index (χ2n) is 3.88. The highest BCUT2D eigenvalue weighted by atomic mass is 16.5. The summed E-state index contributed by atoms with van der Waals surface area (Å²) >= 11 is 0. The molecule has 0 aromatic heterocycles. The van der Waals surface area contributed by atoms with Crippen LogP contribution in [0.2, 0.25) is 0 Å². The zero-order valence-corrected chi connectivity index (χ0v) is 10.4. The van der Waals surface area contributed by atoms with Crippen LogP contribution in [0.4, 0.5) is 0 Å². The molecule has 0 heterocycles. The summed E-state index contributed by atoms with van der Waals surface area (Å²) in [6.45, 7) is 7.05. The Kier molecular flexibility index (Phi) is 6.37. The molecule has 0 bridgehead atoms. The largest absolute Gasteiger partial charge is 0.489 e. The van der Waals surface area contributed by atoms with Crippen molar-refractivity contribution in [1.82, 2.24) is 5.32 Å². The fourth-order valence-corrected chi connectivity index (χ4v) is 1.53. The van der Waals surface area contributed by atoms with Crippen LogP contribution in [-0.2, 0) is 6.54 Å². The number of para-hydroxylation sites is 1. The fraction of sp³-hybridized carbons (Fsp3) is 0.429. The minimum Gasteiger partial charge on any atom is -0.489 e. The van der Waals surface area contributed by atoms with Crippen molar-refractivity contribution in [3.05, 3.63) is 42.5 Å². The highest BCUT2D eigenvalue weighted by Crippen LogP contribution is 2.17. The molecule has 0 fully saturated rings. The van der Waals surface area contributed by atoms with Crippen molar-refractivity contribution < 1.29 is 9.84 Å². The third-order valence-corrected chi connectivity index (χ3v) is 2.62. The number of ether oxygens (including phenoxy) is 1. The fourth-order valence-electron chi connectivity index (χ4n) is 1.53. The van der Waals surface area contributed by atoms with Crippen molar-refractivity contribution in [3.8, 4) is 5.75 Å².